The number of hydrogen-bond donors (Lipinski definition) is 1. The van der Waals surface area contributed by atoms with Gasteiger partial charge in [0.15, 0.2) is 0 Å². The first-order valence-electron chi connectivity index (χ1n) is 5.74. The standard InChI is InChI=1S/C14H18BrNO/c1-11(14(16)17)4-5-13-8-6-12(7-9-13)3-2-10-15/h2-3,6-9,11H,4-5,10H2,1H3,(H2,16,17). The van der Waals surface area contributed by atoms with E-state index in [9.17, 15) is 4.79 Å². The van der Waals surface area contributed by atoms with Gasteiger partial charge in [0.2, 0.25) is 5.91 Å². The zero-order valence-electron chi connectivity index (χ0n) is 10.0. The smallest absolute Gasteiger partial charge is 0.220 e. The van der Waals surface area contributed by atoms with Gasteiger partial charge in [-0.1, -0.05) is 59.3 Å². The molecule has 92 valence electrons. The Morgan fingerprint density at radius 1 is 1.41 bits per heavy atom. The molecule has 0 aromatic heterocycles. The van der Waals surface area contributed by atoms with Crippen LogP contribution in [0.3, 0.4) is 0 Å². The Morgan fingerprint density at radius 2 is 2.06 bits per heavy atom. The molecular formula is C14H18BrNO. The fourth-order valence-electron chi connectivity index (χ4n) is 1.50. The molecule has 0 heterocycles. The van der Waals surface area contributed by atoms with Gasteiger partial charge >= 0.3 is 0 Å². The fraction of sp³-hybridized carbons (Fsp3) is 0.357. The number of primary amides is 1. The van der Waals surface area contributed by atoms with Gasteiger partial charge in [0, 0.05) is 11.2 Å². The Morgan fingerprint density at radius 3 is 2.59 bits per heavy atom. The van der Waals surface area contributed by atoms with Crippen molar-refractivity contribution in [2.24, 2.45) is 11.7 Å². The van der Waals surface area contributed by atoms with Crippen molar-refractivity contribution < 1.29 is 4.79 Å². The second kappa shape index (κ2) is 7.28. The van der Waals surface area contributed by atoms with E-state index in [-0.39, 0.29) is 11.8 Å². The molecule has 0 bridgehead atoms. The maximum Gasteiger partial charge on any atom is 0.220 e. The third-order valence-corrected chi connectivity index (χ3v) is 3.10. The number of alkyl halides is 1. The summed E-state index contributed by atoms with van der Waals surface area (Å²) < 4.78 is 0. The van der Waals surface area contributed by atoms with Crippen molar-refractivity contribution in [3.63, 3.8) is 0 Å². The highest BCUT2D eigenvalue weighted by atomic mass is 79.9. The molecule has 3 heteroatoms. The SMILES string of the molecule is CC(CCc1ccc(C=CCBr)cc1)C(N)=O. The van der Waals surface area contributed by atoms with Gasteiger partial charge in [-0.15, -0.1) is 0 Å². The number of amides is 1. The Labute approximate surface area is 111 Å². The number of halogens is 1. The van der Waals surface area contributed by atoms with Gasteiger partial charge in [-0.3, -0.25) is 4.79 Å². The lowest BCUT2D eigenvalue weighted by Crippen LogP contribution is -2.20. The second-order valence-corrected chi connectivity index (χ2v) is 4.79. The van der Waals surface area contributed by atoms with Crippen molar-refractivity contribution in [3.8, 4) is 0 Å². The third-order valence-electron chi connectivity index (χ3n) is 2.73. The summed E-state index contributed by atoms with van der Waals surface area (Å²) in [6, 6.07) is 8.37. The van der Waals surface area contributed by atoms with Gasteiger partial charge in [-0.25, -0.2) is 0 Å². The number of nitrogens with two attached hydrogens (primary N) is 1. The Hall–Kier alpha value is -1.09. The summed E-state index contributed by atoms with van der Waals surface area (Å²) in [7, 11) is 0. The highest BCUT2D eigenvalue weighted by molar-refractivity contribution is 9.09. The van der Waals surface area contributed by atoms with E-state index in [1.165, 1.54) is 11.1 Å². The van der Waals surface area contributed by atoms with Crippen LogP contribution in [0.15, 0.2) is 30.3 Å². The first-order chi connectivity index (χ1) is 8.13. The van der Waals surface area contributed by atoms with Crippen molar-refractivity contribution in [1.82, 2.24) is 0 Å². The molecule has 2 nitrogen and oxygen atoms in total. The number of benzene rings is 1. The lowest BCUT2D eigenvalue weighted by atomic mass is 10.00. The molecule has 0 aliphatic carbocycles. The molecule has 1 aromatic rings. The lowest BCUT2D eigenvalue weighted by Gasteiger charge is -2.06. The second-order valence-electron chi connectivity index (χ2n) is 4.14. The third kappa shape index (κ3) is 5.18. The van der Waals surface area contributed by atoms with E-state index in [4.69, 9.17) is 5.73 Å². The van der Waals surface area contributed by atoms with E-state index in [1.54, 1.807) is 0 Å². The van der Waals surface area contributed by atoms with Crippen molar-refractivity contribution in [1.29, 1.82) is 0 Å². The quantitative estimate of drug-likeness (QED) is 0.805. The zero-order valence-corrected chi connectivity index (χ0v) is 11.6. The van der Waals surface area contributed by atoms with Crippen LogP contribution in [0.25, 0.3) is 6.08 Å². The molecule has 2 N–H and O–H groups in total. The fourth-order valence-corrected chi connectivity index (χ4v) is 1.69. The average molecular weight is 296 g/mol. The molecule has 0 radical (unpaired) electrons. The molecule has 1 amide bonds. The number of hydrogen-bond acceptors (Lipinski definition) is 1. The summed E-state index contributed by atoms with van der Waals surface area (Å²) in [5.74, 6) is -0.273. The van der Waals surface area contributed by atoms with Crippen LogP contribution in [0, 0.1) is 5.92 Å². The molecule has 0 saturated carbocycles. The summed E-state index contributed by atoms with van der Waals surface area (Å²) >= 11 is 3.35. The molecule has 1 atom stereocenters. The van der Waals surface area contributed by atoms with Gasteiger partial charge in [0.25, 0.3) is 0 Å². The summed E-state index contributed by atoms with van der Waals surface area (Å²) in [5, 5.41) is 0.866. The number of aryl methyl sites for hydroxylation is 1. The first kappa shape index (κ1) is 14.0. The van der Waals surface area contributed by atoms with Gasteiger partial charge in [-0.2, -0.15) is 0 Å². The predicted octanol–water partition coefficient (Wildman–Crippen LogP) is 3.15. The largest absolute Gasteiger partial charge is 0.369 e. The Balaban J connectivity index is 2.51. The molecule has 0 fully saturated rings. The minimum atomic E-state index is -0.220. The highest BCUT2D eigenvalue weighted by Crippen LogP contribution is 2.11. The summed E-state index contributed by atoms with van der Waals surface area (Å²) in [6.45, 7) is 1.87. The van der Waals surface area contributed by atoms with E-state index >= 15 is 0 Å². The van der Waals surface area contributed by atoms with E-state index in [0.717, 1.165) is 18.2 Å². The maximum absolute atomic E-state index is 10.9. The number of rotatable bonds is 6. The topological polar surface area (TPSA) is 43.1 Å². The molecular weight excluding hydrogens is 278 g/mol. The highest BCUT2D eigenvalue weighted by Gasteiger charge is 2.07. The number of allylic oxidation sites excluding steroid dienone is 1. The lowest BCUT2D eigenvalue weighted by molar-refractivity contribution is -0.121. The van der Waals surface area contributed by atoms with Gasteiger partial charge in [0.05, 0.1) is 0 Å². The molecule has 0 aliphatic rings. The van der Waals surface area contributed by atoms with Crippen LogP contribution in [0.4, 0.5) is 0 Å². The van der Waals surface area contributed by atoms with Gasteiger partial charge in [0.1, 0.15) is 0 Å². The van der Waals surface area contributed by atoms with Crippen LogP contribution >= 0.6 is 15.9 Å². The molecule has 1 aromatic carbocycles. The van der Waals surface area contributed by atoms with E-state index in [0.29, 0.717) is 0 Å². The van der Waals surface area contributed by atoms with E-state index < -0.39 is 0 Å². The van der Waals surface area contributed by atoms with E-state index in [1.807, 2.05) is 6.92 Å². The van der Waals surface area contributed by atoms with Crippen molar-refractivity contribution >= 4 is 27.9 Å². The van der Waals surface area contributed by atoms with Gasteiger partial charge in [-0.05, 0) is 24.0 Å². The normalized spacial score (nSPS) is 12.8. The van der Waals surface area contributed by atoms with Crippen LogP contribution in [0.5, 0.6) is 0 Å². The monoisotopic (exact) mass is 295 g/mol. The molecule has 0 saturated heterocycles. The van der Waals surface area contributed by atoms with Crippen LogP contribution in [0.1, 0.15) is 24.5 Å². The van der Waals surface area contributed by atoms with Crippen LogP contribution in [0.2, 0.25) is 0 Å². The van der Waals surface area contributed by atoms with Crippen molar-refractivity contribution in [2.75, 3.05) is 5.33 Å². The number of carbonyl (C=O) groups excluding carboxylic acids is 1. The Kier molecular flexibility index (Phi) is 5.98. The van der Waals surface area contributed by atoms with Crippen molar-refractivity contribution in [2.45, 2.75) is 19.8 Å². The summed E-state index contributed by atoms with van der Waals surface area (Å²) in [5.41, 5.74) is 7.66. The predicted molar refractivity (Wildman–Crippen MR) is 75.9 cm³/mol. The first-order valence-corrected chi connectivity index (χ1v) is 6.86. The molecule has 1 unspecified atom stereocenters. The van der Waals surface area contributed by atoms with Crippen LogP contribution in [-0.2, 0) is 11.2 Å². The molecule has 1 rings (SSSR count). The van der Waals surface area contributed by atoms with Crippen molar-refractivity contribution in [3.05, 3.63) is 41.5 Å². The molecule has 0 spiro atoms. The van der Waals surface area contributed by atoms with E-state index in [2.05, 4.69) is 52.3 Å². The summed E-state index contributed by atoms with van der Waals surface area (Å²) in [4.78, 5) is 10.9. The van der Waals surface area contributed by atoms with Gasteiger partial charge < -0.3 is 5.73 Å². The van der Waals surface area contributed by atoms with Crippen LogP contribution < -0.4 is 5.73 Å². The average Bonchev–Trinajstić information content (AvgIpc) is 2.34. The number of carbonyl (C=O) groups is 1. The molecule has 0 aliphatic heterocycles. The maximum atomic E-state index is 10.9. The molecule has 17 heavy (non-hydrogen) atoms. The summed E-state index contributed by atoms with van der Waals surface area (Å²) in [6.07, 6.45) is 5.84. The Bertz CT molecular complexity index is 384. The van der Waals surface area contributed by atoms with Crippen LogP contribution in [-0.4, -0.2) is 11.2 Å². The minimum Gasteiger partial charge on any atom is -0.369 e. The zero-order chi connectivity index (χ0) is 12.7. The minimum absolute atomic E-state index is 0.0528.